The predicted molar refractivity (Wildman–Crippen MR) is 57.2 cm³/mol. The Kier molecular flexibility index (Phi) is 2.86. The van der Waals surface area contributed by atoms with E-state index in [0.29, 0.717) is 16.9 Å². The molecule has 1 radical (unpaired) electrons. The molecule has 0 aromatic heterocycles. The number of ether oxygens (including phenoxy) is 1. The third kappa shape index (κ3) is 2.03. The number of rotatable bonds is 2. The van der Waals surface area contributed by atoms with Crippen LogP contribution in [0.15, 0.2) is 36.4 Å². The van der Waals surface area contributed by atoms with Gasteiger partial charge in [-0.25, -0.2) is 8.78 Å². The Hall–Kier alpha value is -1.90. The molecule has 0 amide bonds. The fraction of sp³-hybridized carbons (Fsp3) is 0.0769. The van der Waals surface area contributed by atoms with E-state index in [2.05, 4.69) is 6.07 Å². The third-order valence-corrected chi connectivity index (χ3v) is 2.23. The zero-order chi connectivity index (χ0) is 11.5. The summed E-state index contributed by atoms with van der Waals surface area (Å²) in [7, 11) is 1.53. The highest BCUT2D eigenvalue weighted by atomic mass is 19.1. The normalized spacial score (nSPS) is 10.2. The summed E-state index contributed by atoms with van der Waals surface area (Å²) in [5.41, 5.74) is 0.845. The first-order valence-electron chi connectivity index (χ1n) is 4.72. The second-order valence-corrected chi connectivity index (χ2v) is 3.27. The van der Waals surface area contributed by atoms with Crippen molar-refractivity contribution in [3.05, 3.63) is 54.1 Å². The average molecular weight is 219 g/mol. The van der Waals surface area contributed by atoms with Gasteiger partial charge >= 0.3 is 0 Å². The summed E-state index contributed by atoms with van der Waals surface area (Å²) >= 11 is 0. The molecule has 0 saturated heterocycles. The average Bonchev–Trinajstić information content (AvgIpc) is 2.29. The zero-order valence-electron chi connectivity index (χ0n) is 8.63. The minimum atomic E-state index is -0.607. The molecule has 0 spiro atoms. The molecule has 0 N–H and O–H groups in total. The van der Waals surface area contributed by atoms with Crippen molar-refractivity contribution >= 4 is 0 Å². The van der Waals surface area contributed by atoms with Crippen LogP contribution in [0.4, 0.5) is 8.78 Å². The van der Waals surface area contributed by atoms with Crippen LogP contribution in [0.5, 0.6) is 5.75 Å². The molecule has 81 valence electrons. The van der Waals surface area contributed by atoms with Crippen molar-refractivity contribution in [2.75, 3.05) is 7.11 Å². The molecular weight excluding hydrogens is 210 g/mol. The van der Waals surface area contributed by atoms with E-state index in [0.717, 1.165) is 6.07 Å². The van der Waals surface area contributed by atoms with Gasteiger partial charge in [-0.05, 0) is 35.9 Å². The van der Waals surface area contributed by atoms with Gasteiger partial charge in [0.05, 0.1) is 7.11 Å². The van der Waals surface area contributed by atoms with Crippen LogP contribution < -0.4 is 4.74 Å². The summed E-state index contributed by atoms with van der Waals surface area (Å²) in [5.74, 6) is -0.592. The van der Waals surface area contributed by atoms with Crippen molar-refractivity contribution in [2.24, 2.45) is 0 Å². The van der Waals surface area contributed by atoms with Crippen LogP contribution in [-0.4, -0.2) is 7.11 Å². The van der Waals surface area contributed by atoms with Gasteiger partial charge in [0, 0.05) is 11.6 Å². The molecule has 1 nitrogen and oxygen atoms in total. The van der Waals surface area contributed by atoms with Gasteiger partial charge in [0.2, 0.25) is 0 Å². The van der Waals surface area contributed by atoms with Crippen LogP contribution in [0.3, 0.4) is 0 Å². The van der Waals surface area contributed by atoms with Gasteiger partial charge < -0.3 is 4.74 Å². The SMILES string of the molecule is COc1cc[c]c(-c2ccc(F)cc2F)c1. The third-order valence-electron chi connectivity index (χ3n) is 2.23. The van der Waals surface area contributed by atoms with Crippen molar-refractivity contribution in [1.29, 1.82) is 0 Å². The Balaban J connectivity index is 2.49. The Morgan fingerprint density at radius 2 is 1.94 bits per heavy atom. The number of halogens is 2. The first-order chi connectivity index (χ1) is 7.70. The Labute approximate surface area is 92.3 Å². The van der Waals surface area contributed by atoms with Gasteiger partial charge in [-0.15, -0.1) is 0 Å². The van der Waals surface area contributed by atoms with Crippen molar-refractivity contribution in [2.45, 2.75) is 0 Å². The van der Waals surface area contributed by atoms with E-state index in [-0.39, 0.29) is 0 Å². The van der Waals surface area contributed by atoms with E-state index in [1.165, 1.54) is 19.2 Å². The molecule has 0 heterocycles. The second-order valence-electron chi connectivity index (χ2n) is 3.27. The lowest BCUT2D eigenvalue weighted by Gasteiger charge is -2.05. The van der Waals surface area contributed by atoms with Gasteiger partial charge in [-0.3, -0.25) is 0 Å². The van der Waals surface area contributed by atoms with E-state index >= 15 is 0 Å². The summed E-state index contributed by atoms with van der Waals surface area (Å²) in [5, 5.41) is 0. The lowest BCUT2D eigenvalue weighted by molar-refractivity contribution is 0.415. The maximum absolute atomic E-state index is 13.5. The Morgan fingerprint density at radius 1 is 1.12 bits per heavy atom. The van der Waals surface area contributed by atoms with Gasteiger partial charge in [-0.1, -0.05) is 6.07 Å². The van der Waals surface area contributed by atoms with E-state index in [9.17, 15) is 8.78 Å². The highest BCUT2D eigenvalue weighted by Gasteiger charge is 2.07. The molecule has 0 aliphatic rings. The van der Waals surface area contributed by atoms with Crippen molar-refractivity contribution in [3.63, 3.8) is 0 Å². The van der Waals surface area contributed by atoms with E-state index < -0.39 is 11.6 Å². The maximum atomic E-state index is 13.5. The highest BCUT2D eigenvalue weighted by Crippen LogP contribution is 2.25. The highest BCUT2D eigenvalue weighted by molar-refractivity contribution is 5.65. The molecule has 0 unspecified atom stereocenters. The topological polar surface area (TPSA) is 9.23 Å². The van der Waals surface area contributed by atoms with Crippen LogP contribution in [0.1, 0.15) is 0 Å². The predicted octanol–water partition coefficient (Wildman–Crippen LogP) is 3.44. The molecule has 2 rings (SSSR count). The van der Waals surface area contributed by atoms with Crippen LogP contribution in [0.25, 0.3) is 11.1 Å². The molecule has 0 fully saturated rings. The summed E-state index contributed by atoms with van der Waals surface area (Å²) in [6, 6.07) is 11.3. The van der Waals surface area contributed by atoms with Crippen LogP contribution >= 0.6 is 0 Å². The van der Waals surface area contributed by atoms with Gasteiger partial charge in [0.1, 0.15) is 17.4 Å². The molecular formula is C13H9F2O. The maximum Gasteiger partial charge on any atom is 0.133 e. The standard InChI is InChI=1S/C13H9F2O/c1-16-11-4-2-3-9(7-11)12-6-5-10(14)8-13(12)15/h2,4-8H,1H3. The first-order valence-corrected chi connectivity index (χ1v) is 4.72. The fourth-order valence-corrected chi connectivity index (χ4v) is 1.44. The zero-order valence-corrected chi connectivity index (χ0v) is 8.63. The number of methoxy groups -OCH3 is 1. The minimum Gasteiger partial charge on any atom is -0.497 e. The van der Waals surface area contributed by atoms with Crippen LogP contribution in [0, 0.1) is 17.7 Å². The number of hydrogen-bond donors (Lipinski definition) is 0. The molecule has 0 saturated carbocycles. The minimum absolute atomic E-state index is 0.306. The molecule has 0 aliphatic carbocycles. The Morgan fingerprint density at radius 3 is 2.62 bits per heavy atom. The lowest BCUT2D eigenvalue weighted by atomic mass is 10.0. The molecule has 2 aromatic carbocycles. The van der Waals surface area contributed by atoms with E-state index in [1.807, 2.05) is 0 Å². The smallest absolute Gasteiger partial charge is 0.133 e. The fourth-order valence-electron chi connectivity index (χ4n) is 1.44. The second kappa shape index (κ2) is 4.31. The van der Waals surface area contributed by atoms with Crippen LogP contribution in [0.2, 0.25) is 0 Å². The Bertz CT molecular complexity index is 509. The monoisotopic (exact) mass is 219 g/mol. The molecule has 0 aliphatic heterocycles. The quantitative estimate of drug-likeness (QED) is 0.751. The van der Waals surface area contributed by atoms with Crippen molar-refractivity contribution in [1.82, 2.24) is 0 Å². The number of hydrogen-bond acceptors (Lipinski definition) is 1. The summed E-state index contributed by atoms with van der Waals surface area (Å²) in [4.78, 5) is 0. The lowest BCUT2D eigenvalue weighted by Crippen LogP contribution is -1.88. The van der Waals surface area contributed by atoms with E-state index in [1.54, 1.807) is 18.2 Å². The molecule has 2 aromatic rings. The summed E-state index contributed by atoms with van der Waals surface area (Å²) < 4.78 is 31.2. The van der Waals surface area contributed by atoms with Gasteiger partial charge in [0.15, 0.2) is 0 Å². The number of benzene rings is 2. The molecule has 0 bridgehead atoms. The largest absolute Gasteiger partial charge is 0.497 e. The summed E-state index contributed by atoms with van der Waals surface area (Å²) in [6.07, 6.45) is 0. The van der Waals surface area contributed by atoms with Crippen molar-refractivity contribution < 1.29 is 13.5 Å². The van der Waals surface area contributed by atoms with Crippen molar-refractivity contribution in [3.8, 4) is 16.9 Å². The van der Waals surface area contributed by atoms with Gasteiger partial charge in [0.25, 0.3) is 0 Å². The van der Waals surface area contributed by atoms with Gasteiger partial charge in [-0.2, -0.15) is 0 Å². The molecule has 16 heavy (non-hydrogen) atoms. The van der Waals surface area contributed by atoms with E-state index in [4.69, 9.17) is 4.74 Å². The summed E-state index contributed by atoms with van der Waals surface area (Å²) in [6.45, 7) is 0. The molecule has 3 heteroatoms. The molecule has 0 atom stereocenters. The van der Waals surface area contributed by atoms with Crippen LogP contribution in [-0.2, 0) is 0 Å². The first kappa shape index (κ1) is 10.6.